The Morgan fingerprint density at radius 1 is 1.05 bits per heavy atom. The second kappa shape index (κ2) is 10.8. The molecule has 2 amide bonds. The van der Waals surface area contributed by atoms with Crippen molar-refractivity contribution < 1.29 is 23.8 Å². The zero-order valence-corrected chi connectivity index (χ0v) is 20.4. The van der Waals surface area contributed by atoms with Crippen LogP contribution >= 0.6 is 0 Å². The fourth-order valence-electron chi connectivity index (χ4n) is 4.50. The molecule has 0 saturated carbocycles. The maximum absolute atomic E-state index is 13.3. The molecule has 0 unspecified atom stereocenters. The van der Waals surface area contributed by atoms with Crippen molar-refractivity contribution in [3.8, 4) is 17.2 Å². The summed E-state index contributed by atoms with van der Waals surface area (Å²) < 4.78 is 17.3. The Bertz CT molecular complexity index is 1340. The van der Waals surface area contributed by atoms with Gasteiger partial charge in [0.2, 0.25) is 0 Å². The maximum atomic E-state index is 13.3. The number of carbonyl (C=O) groups is 2. The van der Waals surface area contributed by atoms with Crippen molar-refractivity contribution >= 4 is 11.8 Å². The van der Waals surface area contributed by atoms with Gasteiger partial charge in [0.05, 0.1) is 13.2 Å². The molecule has 3 aliphatic heterocycles. The topological polar surface area (TPSA) is 122 Å². The summed E-state index contributed by atoms with van der Waals surface area (Å²) >= 11 is 0. The molecule has 3 N–H and O–H groups in total. The van der Waals surface area contributed by atoms with E-state index in [1.807, 2.05) is 24.3 Å². The first-order chi connectivity index (χ1) is 18.0. The van der Waals surface area contributed by atoms with Gasteiger partial charge in [-0.05, 0) is 42.0 Å². The third-order valence-electron chi connectivity index (χ3n) is 6.44. The fourth-order valence-corrected chi connectivity index (χ4v) is 4.50. The van der Waals surface area contributed by atoms with E-state index in [1.165, 1.54) is 7.11 Å². The van der Waals surface area contributed by atoms with E-state index in [2.05, 4.69) is 20.5 Å². The van der Waals surface area contributed by atoms with Gasteiger partial charge in [0.15, 0.2) is 18.1 Å². The van der Waals surface area contributed by atoms with E-state index < -0.39 is 0 Å². The quantitative estimate of drug-likeness (QED) is 0.494. The molecule has 4 heterocycles. The third-order valence-corrected chi connectivity index (χ3v) is 6.44. The third kappa shape index (κ3) is 5.75. The highest BCUT2D eigenvalue weighted by Gasteiger charge is 2.36. The van der Waals surface area contributed by atoms with E-state index in [4.69, 9.17) is 14.2 Å². The summed E-state index contributed by atoms with van der Waals surface area (Å²) in [7, 11) is 1.49. The second-order valence-electron chi connectivity index (χ2n) is 9.03. The minimum atomic E-state index is -0.345. The van der Waals surface area contributed by atoms with Crippen LogP contribution in [0.1, 0.15) is 21.5 Å². The van der Waals surface area contributed by atoms with Crippen LogP contribution in [0, 0.1) is 0 Å². The zero-order valence-electron chi connectivity index (χ0n) is 20.4. The summed E-state index contributed by atoms with van der Waals surface area (Å²) in [6, 6.07) is 15.5. The second-order valence-corrected chi connectivity index (χ2v) is 9.03. The van der Waals surface area contributed by atoms with Gasteiger partial charge in [-0.15, -0.1) is 0 Å². The molecule has 10 heteroatoms. The number of aromatic amines is 1. The minimum Gasteiger partial charge on any atom is -0.493 e. The van der Waals surface area contributed by atoms with Crippen molar-refractivity contribution in [2.24, 2.45) is 0 Å². The van der Waals surface area contributed by atoms with Crippen molar-refractivity contribution in [1.82, 2.24) is 20.5 Å². The number of H-pyrrole nitrogens is 1. The number of amides is 2. The van der Waals surface area contributed by atoms with Crippen LogP contribution in [0.15, 0.2) is 65.6 Å². The number of methoxy groups -OCH3 is 1. The number of hydrogen-bond donors (Lipinski definition) is 3. The molecular formula is C27H28N4O6. The van der Waals surface area contributed by atoms with E-state index in [-0.39, 0.29) is 36.1 Å². The van der Waals surface area contributed by atoms with Gasteiger partial charge in [-0.25, -0.2) is 0 Å². The van der Waals surface area contributed by atoms with E-state index in [9.17, 15) is 14.4 Å². The smallest absolute Gasteiger partial charge is 0.258 e. The Labute approximate surface area is 213 Å². The van der Waals surface area contributed by atoms with Gasteiger partial charge in [0, 0.05) is 43.5 Å². The number of hydrogen-bond acceptors (Lipinski definition) is 7. The number of aromatic nitrogens is 1. The van der Waals surface area contributed by atoms with Gasteiger partial charge in [-0.1, -0.05) is 18.2 Å². The van der Waals surface area contributed by atoms with Gasteiger partial charge < -0.3 is 29.8 Å². The lowest BCUT2D eigenvalue weighted by Crippen LogP contribution is -2.45. The maximum Gasteiger partial charge on any atom is 0.258 e. The van der Waals surface area contributed by atoms with Gasteiger partial charge >= 0.3 is 0 Å². The van der Waals surface area contributed by atoms with Crippen LogP contribution in [0.3, 0.4) is 0 Å². The first-order valence-corrected chi connectivity index (χ1v) is 12.0. The molecular weight excluding hydrogens is 476 g/mol. The first-order valence-electron chi connectivity index (χ1n) is 12.0. The molecule has 6 rings (SSSR count). The number of fused-ring (bicyclic) bond motifs is 7. The zero-order chi connectivity index (χ0) is 25.8. The van der Waals surface area contributed by atoms with Crippen molar-refractivity contribution in [3.05, 3.63) is 87.8 Å². The SMILES string of the molecule is COc1ccc2cc1OCC(=O)NCc1ccc(cc1)O[C@H]1CN(Cc3ccc[nH]c3=O)C[C@@H]1NC2=O. The normalized spacial score (nSPS) is 20.1. The Morgan fingerprint density at radius 3 is 2.68 bits per heavy atom. The lowest BCUT2D eigenvalue weighted by molar-refractivity contribution is -0.123. The number of pyridine rings is 1. The molecule has 2 atom stereocenters. The van der Waals surface area contributed by atoms with Crippen molar-refractivity contribution in [2.75, 3.05) is 26.8 Å². The molecule has 3 aliphatic rings. The van der Waals surface area contributed by atoms with Crippen molar-refractivity contribution in [2.45, 2.75) is 25.2 Å². The Kier molecular flexibility index (Phi) is 7.09. The summed E-state index contributed by atoms with van der Waals surface area (Å²) in [5, 5.41) is 5.90. The van der Waals surface area contributed by atoms with Crippen molar-refractivity contribution in [1.29, 1.82) is 0 Å². The molecule has 0 aliphatic carbocycles. The molecule has 1 aromatic heterocycles. The van der Waals surface area contributed by atoms with Crippen LogP contribution in [0.2, 0.25) is 0 Å². The molecule has 4 bridgehead atoms. The van der Waals surface area contributed by atoms with Crippen LogP contribution in [0.4, 0.5) is 0 Å². The number of benzene rings is 2. The number of ether oxygens (including phenoxy) is 3. The standard InChI is InChI=1S/C27H28N4O6/c1-35-22-9-6-18-11-23(22)36-16-25(32)29-12-17-4-7-20(8-5-17)37-24-15-31(14-21(24)30-27(18)34)13-19-3-2-10-28-26(19)33/h2-11,21,24H,12-16H2,1H3,(H,28,33)(H,29,32)(H,30,34)/t21-,24-/m0/s1. The highest BCUT2D eigenvalue weighted by molar-refractivity contribution is 5.95. The van der Waals surface area contributed by atoms with Gasteiger partial charge in [0.25, 0.3) is 17.4 Å². The molecule has 1 fully saturated rings. The van der Waals surface area contributed by atoms with Crippen LogP contribution < -0.4 is 30.4 Å². The van der Waals surface area contributed by atoms with Crippen LogP contribution in [0.5, 0.6) is 17.2 Å². The monoisotopic (exact) mass is 504 g/mol. The molecule has 37 heavy (non-hydrogen) atoms. The minimum absolute atomic E-state index is 0.137. The summed E-state index contributed by atoms with van der Waals surface area (Å²) in [6.45, 7) is 1.57. The van der Waals surface area contributed by atoms with E-state index in [1.54, 1.807) is 36.5 Å². The predicted molar refractivity (Wildman–Crippen MR) is 135 cm³/mol. The number of carbonyl (C=O) groups excluding carboxylic acids is 2. The Hall–Kier alpha value is -4.31. The van der Waals surface area contributed by atoms with E-state index in [0.717, 1.165) is 5.56 Å². The van der Waals surface area contributed by atoms with Gasteiger partial charge in [-0.3, -0.25) is 19.3 Å². The Balaban J connectivity index is 1.43. The molecule has 10 nitrogen and oxygen atoms in total. The van der Waals surface area contributed by atoms with E-state index in [0.29, 0.717) is 54.6 Å². The van der Waals surface area contributed by atoms with Crippen LogP contribution in [0.25, 0.3) is 0 Å². The number of nitrogens with zero attached hydrogens (tertiary/aromatic N) is 1. The Morgan fingerprint density at radius 2 is 1.89 bits per heavy atom. The summed E-state index contributed by atoms with van der Waals surface area (Å²) in [5.74, 6) is 0.753. The fraction of sp³-hybridized carbons (Fsp3) is 0.296. The van der Waals surface area contributed by atoms with Crippen molar-refractivity contribution in [3.63, 3.8) is 0 Å². The molecule has 0 radical (unpaired) electrons. The summed E-state index contributed by atoms with van der Waals surface area (Å²) in [6.07, 6.45) is 1.26. The summed E-state index contributed by atoms with van der Waals surface area (Å²) in [5.41, 5.74) is 1.78. The predicted octanol–water partition coefficient (Wildman–Crippen LogP) is 1.45. The number of rotatable bonds is 3. The lowest BCUT2D eigenvalue weighted by atomic mass is 10.1. The molecule has 2 aromatic carbocycles. The largest absolute Gasteiger partial charge is 0.493 e. The van der Waals surface area contributed by atoms with Crippen LogP contribution in [-0.4, -0.2) is 60.7 Å². The van der Waals surface area contributed by atoms with Gasteiger partial charge in [-0.2, -0.15) is 0 Å². The highest BCUT2D eigenvalue weighted by Crippen LogP contribution is 2.28. The van der Waals surface area contributed by atoms with Crippen LogP contribution in [-0.2, 0) is 17.9 Å². The lowest BCUT2D eigenvalue weighted by Gasteiger charge is -2.21. The molecule has 3 aromatic rings. The molecule has 192 valence electrons. The first kappa shape index (κ1) is 24.4. The highest BCUT2D eigenvalue weighted by atomic mass is 16.5. The summed E-state index contributed by atoms with van der Waals surface area (Å²) in [4.78, 5) is 42.6. The number of nitrogens with one attached hydrogen (secondary N) is 3. The number of likely N-dealkylation sites (tertiary alicyclic amines) is 1. The van der Waals surface area contributed by atoms with E-state index >= 15 is 0 Å². The average Bonchev–Trinajstić information content (AvgIpc) is 3.27. The molecule has 0 spiro atoms. The average molecular weight is 505 g/mol. The molecule has 1 saturated heterocycles. The van der Waals surface area contributed by atoms with Gasteiger partial charge in [0.1, 0.15) is 11.9 Å².